The van der Waals surface area contributed by atoms with Gasteiger partial charge in [0.05, 0.1) is 6.20 Å². The van der Waals surface area contributed by atoms with Crippen LogP contribution in [-0.2, 0) is 13.0 Å². The van der Waals surface area contributed by atoms with E-state index in [0.29, 0.717) is 6.04 Å². The standard InChI is InChI=1S/C17H25N3/c1-5-18-17(10-15-11-19-20(6-2)12-15)16-8-7-13(3)14(4)9-16/h7-9,11-12,17-18H,5-6,10H2,1-4H3. The molecular weight excluding hydrogens is 246 g/mol. The van der Waals surface area contributed by atoms with Gasteiger partial charge >= 0.3 is 0 Å². The zero-order chi connectivity index (χ0) is 14.5. The molecule has 0 bridgehead atoms. The summed E-state index contributed by atoms with van der Waals surface area (Å²) in [5.74, 6) is 0. The molecule has 2 aromatic rings. The Hall–Kier alpha value is -1.61. The lowest BCUT2D eigenvalue weighted by molar-refractivity contribution is 0.549. The summed E-state index contributed by atoms with van der Waals surface area (Å²) in [6, 6.07) is 7.10. The summed E-state index contributed by atoms with van der Waals surface area (Å²) in [7, 11) is 0. The second kappa shape index (κ2) is 6.71. The van der Waals surface area contributed by atoms with Crippen molar-refractivity contribution in [2.45, 2.75) is 46.7 Å². The molecule has 3 heteroatoms. The van der Waals surface area contributed by atoms with E-state index >= 15 is 0 Å². The molecule has 108 valence electrons. The number of rotatable bonds is 6. The smallest absolute Gasteiger partial charge is 0.0522 e. The zero-order valence-electron chi connectivity index (χ0n) is 13.0. The molecule has 0 fully saturated rings. The third kappa shape index (κ3) is 3.48. The number of nitrogens with zero attached hydrogens (tertiary/aromatic N) is 2. The summed E-state index contributed by atoms with van der Waals surface area (Å²) >= 11 is 0. The molecule has 1 heterocycles. The van der Waals surface area contributed by atoms with E-state index < -0.39 is 0 Å². The van der Waals surface area contributed by atoms with Crippen LogP contribution in [0.3, 0.4) is 0 Å². The topological polar surface area (TPSA) is 29.9 Å². The molecule has 1 atom stereocenters. The summed E-state index contributed by atoms with van der Waals surface area (Å²) < 4.78 is 1.98. The van der Waals surface area contributed by atoms with Gasteiger partial charge in [-0.1, -0.05) is 25.1 Å². The third-order valence-corrected chi connectivity index (χ3v) is 3.83. The molecule has 1 unspecified atom stereocenters. The Morgan fingerprint density at radius 1 is 1.20 bits per heavy atom. The van der Waals surface area contributed by atoms with Crippen LogP contribution in [0.1, 0.15) is 42.1 Å². The monoisotopic (exact) mass is 271 g/mol. The molecule has 1 aromatic heterocycles. The molecule has 0 saturated carbocycles. The van der Waals surface area contributed by atoms with E-state index in [1.54, 1.807) is 0 Å². The van der Waals surface area contributed by atoms with Crippen molar-refractivity contribution in [3.63, 3.8) is 0 Å². The molecule has 0 aliphatic carbocycles. The van der Waals surface area contributed by atoms with E-state index in [9.17, 15) is 0 Å². The SMILES string of the molecule is CCNC(Cc1cnn(CC)c1)c1ccc(C)c(C)c1. The van der Waals surface area contributed by atoms with Gasteiger partial charge in [0.1, 0.15) is 0 Å². The van der Waals surface area contributed by atoms with Crippen molar-refractivity contribution < 1.29 is 0 Å². The number of benzene rings is 1. The van der Waals surface area contributed by atoms with Gasteiger partial charge in [0.25, 0.3) is 0 Å². The minimum atomic E-state index is 0.355. The van der Waals surface area contributed by atoms with Crippen LogP contribution in [0.5, 0.6) is 0 Å². The molecule has 0 spiro atoms. The Morgan fingerprint density at radius 2 is 2.00 bits per heavy atom. The fourth-order valence-electron chi connectivity index (χ4n) is 2.46. The molecule has 0 saturated heterocycles. The number of hydrogen-bond donors (Lipinski definition) is 1. The minimum absolute atomic E-state index is 0.355. The summed E-state index contributed by atoms with van der Waals surface area (Å²) in [5, 5.41) is 7.95. The highest BCUT2D eigenvalue weighted by molar-refractivity contribution is 5.32. The van der Waals surface area contributed by atoms with Crippen LogP contribution in [-0.4, -0.2) is 16.3 Å². The number of aromatic nitrogens is 2. The van der Waals surface area contributed by atoms with Crippen LogP contribution in [0.4, 0.5) is 0 Å². The second-order valence-electron chi connectivity index (χ2n) is 5.36. The molecule has 20 heavy (non-hydrogen) atoms. The number of nitrogens with one attached hydrogen (secondary N) is 1. The third-order valence-electron chi connectivity index (χ3n) is 3.83. The van der Waals surface area contributed by atoms with Gasteiger partial charge in [0.2, 0.25) is 0 Å². The van der Waals surface area contributed by atoms with Gasteiger partial charge in [-0.15, -0.1) is 0 Å². The van der Waals surface area contributed by atoms with Gasteiger partial charge in [-0.3, -0.25) is 4.68 Å². The summed E-state index contributed by atoms with van der Waals surface area (Å²) in [6.07, 6.45) is 5.11. The van der Waals surface area contributed by atoms with Crippen LogP contribution < -0.4 is 5.32 Å². The van der Waals surface area contributed by atoms with Crippen LogP contribution >= 0.6 is 0 Å². The van der Waals surface area contributed by atoms with Crippen LogP contribution in [0.2, 0.25) is 0 Å². The Bertz CT molecular complexity index is 557. The zero-order valence-corrected chi connectivity index (χ0v) is 13.0. The highest BCUT2D eigenvalue weighted by Gasteiger charge is 2.13. The van der Waals surface area contributed by atoms with Gasteiger partial charge in [0, 0.05) is 18.8 Å². The van der Waals surface area contributed by atoms with Crippen LogP contribution in [0.25, 0.3) is 0 Å². The summed E-state index contributed by atoms with van der Waals surface area (Å²) in [5.41, 5.74) is 5.35. The van der Waals surface area contributed by atoms with Crippen molar-refractivity contribution in [1.82, 2.24) is 15.1 Å². The molecule has 1 N–H and O–H groups in total. The Labute approximate surface area is 122 Å². The van der Waals surface area contributed by atoms with Gasteiger partial charge < -0.3 is 5.32 Å². The lowest BCUT2D eigenvalue weighted by Crippen LogP contribution is -2.23. The van der Waals surface area contributed by atoms with Crippen molar-refractivity contribution in [2.75, 3.05) is 6.54 Å². The summed E-state index contributed by atoms with van der Waals surface area (Å²) in [4.78, 5) is 0. The molecule has 0 radical (unpaired) electrons. The number of aryl methyl sites for hydroxylation is 3. The molecule has 0 aliphatic rings. The molecule has 0 amide bonds. The van der Waals surface area contributed by atoms with Crippen LogP contribution in [0, 0.1) is 13.8 Å². The van der Waals surface area contributed by atoms with E-state index in [0.717, 1.165) is 19.5 Å². The quantitative estimate of drug-likeness (QED) is 0.872. The molecule has 0 aliphatic heterocycles. The van der Waals surface area contributed by atoms with Gasteiger partial charge in [-0.05, 0) is 56.0 Å². The molecular formula is C17H25N3. The number of likely N-dealkylation sites (N-methyl/N-ethyl adjacent to an activating group) is 1. The van der Waals surface area contributed by atoms with Crippen molar-refractivity contribution in [3.05, 3.63) is 52.8 Å². The first-order valence-electron chi connectivity index (χ1n) is 7.45. The highest BCUT2D eigenvalue weighted by atomic mass is 15.3. The molecule has 1 aromatic carbocycles. The highest BCUT2D eigenvalue weighted by Crippen LogP contribution is 2.21. The first kappa shape index (κ1) is 14.8. The predicted octanol–water partition coefficient (Wildman–Crippen LogP) is 3.41. The average molecular weight is 271 g/mol. The lowest BCUT2D eigenvalue weighted by Gasteiger charge is -2.19. The Balaban J connectivity index is 2.19. The van der Waals surface area contributed by atoms with Gasteiger partial charge in [0.15, 0.2) is 0 Å². The lowest BCUT2D eigenvalue weighted by atomic mass is 9.97. The second-order valence-corrected chi connectivity index (χ2v) is 5.36. The maximum atomic E-state index is 4.36. The molecule has 2 rings (SSSR count). The normalized spacial score (nSPS) is 12.6. The minimum Gasteiger partial charge on any atom is -0.310 e. The predicted molar refractivity (Wildman–Crippen MR) is 83.9 cm³/mol. The summed E-state index contributed by atoms with van der Waals surface area (Å²) in [6.45, 7) is 10.5. The van der Waals surface area contributed by atoms with Crippen molar-refractivity contribution >= 4 is 0 Å². The fourth-order valence-corrected chi connectivity index (χ4v) is 2.46. The van der Waals surface area contributed by atoms with E-state index in [2.05, 4.69) is 62.5 Å². The maximum absolute atomic E-state index is 4.36. The first-order valence-corrected chi connectivity index (χ1v) is 7.45. The van der Waals surface area contributed by atoms with Crippen molar-refractivity contribution in [3.8, 4) is 0 Å². The van der Waals surface area contributed by atoms with E-state index in [-0.39, 0.29) is 0 Å². The van der Waals surface area contributed by atoms with Gasteiger partial charge in [-0.25, -0.2) is 0 Å². The van der Waals surface area contributed by atoms with Crippen molar-refractivity contribution in [2.24, 2.45) is 0 Å². The van der Waals surface area contributed by atoms with Gasteiger partial charge in [-0.2, -0.15) is 5.10 Å². The van der Waals surface area contributed by atoms with E-state index in [1.165, 1.54) is 22.3 Å². The van der Waals surface area contributed by atoms with E-state index in [1.807, 2.05) is 10.9 Å². The largest absolute Gasteiger partial charge is 0.310 e. The number of hydrogen-bond acceptors (Lipinski definition) is 2. The molecule has 3 nitrogen and oxygen atoms in total. The fraction of sp³-hybridized carbons (Fsp3) is 0.471. The Kier molecular flexibility index (Phi) is 4.96. The average Bonchev–Trinajstić information content (AvgIpc) is 2.89. The van der Waals surface area contributed by atoms with Crippen LogP contribution in [0.15, 0.2) is 30.6 Å². The first-order chi connectivity index (χ1) is 9.63. The Morgan fingerprint density at radius 3 is 2.60 bits per heavy atom. The maximum Gasteiger partial charge on any atom is 0.0522 e. The van der Waals surface area contributed by atoms with E-state index in [4.69, 9.17) is 0 Å². The van der Waals surface area contributed by atoms with Crippen molar-refractivity contribution in [1.29, 1.82) is 0 Å².